The van der Waals surface area contributed by atoms with Crippen LogP contribution in [0.1, 0.15) is 51.8 Å². The molecule has 0 saturated heterocycles. The summed E-state index contributed by atoms with van der Waals surface area (Å²) < 4.78 is 4.54. The standard InChI is InChI=1S/3C7H6O2.C3H8O.C3H6.C2H4O.3Na/c3*8-7(9)6-4-2-1-3-5-6;1-3-4-2;1-3-2;1-2-3;;;/h3*1-5H,(H,8,9);3H2,1-2H3;3H,1H2,2H3;2H,1H3;;;/q;;;;;;3*+1/p-3. The van der Waals surface area contributed by atoms with Gasteiger partial charge in [0.15, 0.2) is 0 Å². The fraction of sp³-hybridized carbons (Fsp3) is 0.172. The molecule has 0 saturated carbocycles. The molecule has 0 radical (unpaired) electrons. The first-order valence-corrected chi connectivity index (χ1v) is 10.9. The second kappa shape index (κ2) is 39.6. The zero-order valence-corrected chi connectivity index (χ0v) is 30.5. The van der Waals surface area contributed by atoms with Crippen molar-refractivity contribution in [3.63, 3.8) is 0 Å². The predicted octanol–water partition coefficient (Wildman–Crippen LogP) is -6.79. The molecule has 0 aliphatic rings. The second-order valence-electron chi connectivity index (χ2n) is 6.18. The summed E-state index contributed by atoms with van der Waals surface area (Å²) in [6.45, 7) is 9.47. The third kappa shape index (κ3) is 36.4. The first kappa shape index (κ1) is 51.2. The quantitative estimate of drug-likeness (QED) is 0.169. The van der Waals surface area contributed by atoms with Gasteiger partial charge in [-0.15, -0.1) is 6.58 Å². The fourth-order valence-electron chi connectivity index (χ4n) is 1.72. The molecule has 11 heteroatoms. The van der Waals surface area contributed by atoms with Crippen LogP contribution in [0.3, 0.4) is 0 Å². The van der Waals surface area contributed by atoms with Gasteiger partial charge in [0.05, 0.1) is 17.9 Å². The van der Waals surface area contributed by atoms with Crippen LogP contribution in [0.4, 0.5) is 0 Å². The molecule has 0 atom stereocenters. The molecule has 8 nitrogen and oxygen atoms in total. The van der Waals surface area contributed by atoms with E-state index < -0.39 is 17.9 Å². The minimum Gasteiger partial charge on any atom is -0.545 e. The molecule has 0 aliphatic carbocycles. The Labute approximate surface area is 303 Å². The molecule has 0 amide bonds. The molecule has 40 heavy (non-hydrogen) atoms. The predicted molar refractivity (Wildman–Crippen MR) is 137 cm³/mol. The van der Waals surface area contributed by atoms with Crippen LogP contribution in [0, 0.1) is 0 Å². The van der Waals surface area contributed by atoms with Gasteiger partial charge in [0, 0.05) is 13.7 Å². The van der Waals surface area contributed by atoms with Crippen molar-refractivity contribution in [2.75, 3.05) is 13.7 Å². The molecule has 3 aromatic carbocycles. The zero-order valence-electron chi connectivity index (χ0n) is 24.5. The number of carbonyl (C=O) groups excluding carboxylic acids is 4. The van der Waals surface area contributed by atoms with Crippen LogP contribution >= 0.6 is 0 Å². The maximum Gasteiger partial charge on any atom is 1.00 e. The summed E-state index contributed by atoms with van der Waals surface area (Å²) in [5.74, 6) is -3.39. The Kier molecular flexibility index (Phi) is 50.7. The van der Waals surface area contributed by atoms with E-state index in [0.717, 1.165) is 12.9 Å². The molecule has 0 fully saturated rings. The fourth-order valence-corrected chi connectivity index (χ4v) is 1.72. The van der Waals surface area contributed by atoms with Crippen LogP contribution in [0.15, 0.2) is 104 Å². The van der Waals surface area contributed by atoms with Crippen molar-refractivity contribution in [2.45, 2.75) is 20.8 Å². The van der Waals surface area contributed by atoms with E-state index in [9.17, 15) is 29.7 Å². The van der Waals surface area contributed by atoms with E-state index in [1.54, 1.807) is 67.8 Å². The van der Waals surface area contributed by atoms with E-state index in [1.807, 2.05) is 13.8 Å². The zero-order chi connectivity index (χ0) is 28.9. The smallest absolute Gasteiger partial charge is 0.545 e. The van der Waals surface area contributed by atoms with Crippen molar-refractivity contribution < 1.29 is 128 Å². The van der Waals surface area contributed by atoms with Crippen LogP contribution in [0.2, 0.25) is 0 Å². The van der Waals surface area contributed by atoms with Crippen molar-refractivity contribution in [1.82, 2.24) is 0 Å². The maximum absolute atomic E-state index is 10.1. The number of hydrogen-bond donors (Lipinski definition) is 0. The molecular formula is C29H33Na3O8. The first-order chi connectivity index (χ1) is 17.7. The Morgan fingerprint density at radius 3 is 0.875 bits per heavy atom. The van der Waals surface area contributed by atoms with Crippen molar-refractivity contribution >= 4 is 24.2 Å². The number of aromatic carboxylic acids is 3. The van der Waals surface area contributed by atoms with Crippen LogP contribution in [0.5, 0.6) is 0 Å². The summed E-state index contributed by atoms with van der Waals surface area (Å²) in [6.07, 6.45) is 2.50. The summed E-state index contributed by atoms with van der Waals surface area (Å²) in [4.78, 5) is 39.1. The van der Waals surface area contributed by atoms with Crippen molar-refractivity contribution in [3.8, 4) is 0 Å². The Balaban J connectivity index is -0.0000000903. The van der Waals surface area contributed by atoms with Crippen LogP contribution in [-0.2, 0) is 9.53 Å². The number of carboxylic acids is 3. The van der Waals surface area contributed by atoms with Crippen molar-refractivity contribution in [1.29, 1.82) is 0 Å². The number of hydrogen-bond acceptors (Lipinski definition) is 8. The summed E-state index contributed by atoms with van der Waals surface area (Å²) in [7, 11) is 1.68. The summed E-state index contributed by atoms with van der Waals surface area (Å²) >= 11 is 0. The molecule has 0 aliphatic heterocycles. The van der Waals surface area contributed by atoms with Gasteiger partial charge in [-0.2, -0.15) is 0 Å². The van der Waals surface area contributed by atoms with Crippen LogP contribution < -0.4 is 104 Å². The van der Waals surface area contributed by atoms with Crippen LogP contribution in [0.25, 0.3) is 0 Å². The number of allylic oxidation sites excluding steroid dienone is 1. The number of methoxy groups -OCH3 is 1. The van der Waals surface area contributed by atoms with Gasteiger partial charge in [-0.25, -0.2) is 0 Å². The largest absolute Gasteiger partial charge is 1.00 e. The number of aldehydes is 1. The summed E-state index contributed by atoms with van der Waals surface area (Å²) in [5, 5.41) is 30.3. The monoisotopic (exact) mass is 578 g/mol. The van der Waals surface area contributed by atoms with E-state index >= 15 is 0 Å². The third-order valence-corrected chi connectivity index (χ3v) is 3.32. The number of carbonyl (C=O) groups is 4. The van der Waals surface area contributed by atoms with E-state index in [2.05, 4.69) is 11.3 Å². The molecule has 200 valence electrons. The molecule has 0 N–H and O–H groups in total. The normalized spacial score (nSPS) is 7.40. The first-order valence-electron chi connectivity index (χ1n) is 10.9. The SMILES string of the molecule is C=CC.CC=O.CCOC.O=C([O-])c1ccccc1.O=C([O-])c1ccccc1.O=C([O-])c1ccccc1.[Na+].[Na+].[Na+]. The molecule has 0 unspecified atom stereocenters. The Morgan fingerprint density at radius 1 is 0.650 bits per heavy atom. The number of benzene rings is 3. The minimum absolute atomic E-state index is 0. The number of carboxylic acid groups (broad SMARTS) is 3. The Bertz CT molecular complexity index is 862. The molecule has 3 aromatic rings. The van der Waals surface area contributed by atoms with Gasteiger partial charge in [0.2, 0.25) is 0 Å². The van der Waals surface area contributed by atoms with E-state index in [1.165, 1.54) is 43.3 Å². The Morgan fingerprint density at radius 2 is 0.800 bits per heavy atom. The van der Waals surface area contributed by atoms with Crippen LogP contribution in [-0.4, -0.2) is 37.9 Å². The molecule has 0 aromatic heterocycles. The second-order valence-corrected chi connectivity index (χ2v) is 6.18. The number of rotatable bonds is 4. The van der Waals surface area contributed by atoms with E-state index in [0.29, 0.717) is 0 Å². The van der Waals surface area contributed by atoms with Gasteiger partial charge >= 0.3 is 88.7 Å². The topological polar surface area (TPSA) is 147 Å². The molecule has 3 rings (SSSR count). The maximum atomic E-state index is 10.1. The van der Waals surface area contributed by atoms with Gasteiger partial charge < -0.3 is 39.2 Å². The third-order valence-electron chi connectivity index (χ3n) is 3.32. The molecular weight excluding hydrogens is 545 g/mol. The van der Waals surface area contributed by atoms with Gasteiger partial charge in [-0.05, 0) is 37.5 Å². The van der Waals surface area contributed by atoms with Crippen molar-refractivity contribution in [3.05, 3.63) is 120 Å². The van der Waals surface area contributed by atoms with Gasteiger partial charge in [0.1, 0.15) is 6.29 Å². The Hall–Kier alpha value is -1.56. The average molecular weight is 579 g/mol. The molecule has 0 spiro atoms. The molecule has 0 heterocycles. The average Bonchev–Trinajstić information content (AvgIpc) is 2.92. The summed E-state index contributed by atoms with van der Waals surface area (Å²) in [6, 6.07) is 24.2. The van der Waals surface area contributed by atoms with Gasteiger partial charge in [0.25, 0.3) is 0 Å². The summed E-state index contributed by atoms with van der Waals surface area (Å²) in [5.41, 5.74) is 0.660. The van der Waals surface area contributed by atoms with E-state index in [4.69, 9.17) is 4.79 Å². The van der Waals surface area contributed by atoms with Crippen molar-refractivity contribution in [2.24, 2.45) is 0 Å². The number of ether oxygens (including phenoxy) is 1. The molecule has 0 bridgehead atoms. The van der Waals surface area contributed by atoms with E-state index in [-0.39, 0.29) is 105 Å². The van der Waals surface area contributed by atoms with Gasteiger partial charge in [-0.1, -0.05) is 97.1 Å². The van der Waals surface area contributed by atoms with Gasteiger partial charge in [-0.3, -0.25) is 0 Å². The minimum atomic E-state index is -1.13.